The molecule has 0 fully saturated rings. The molecule has 0 saturated heterocycles. The molecule has 25 heavy (non-hydrogen) atoms. The van der Waals surface area contributed by atoms with Crippen LogP contribution in [0.4, 0.5) is 21.5 Å². The van der Waals surface area contributed by atoms with Crippen LogP contribution in [0.3, 0.4) is 0 Å². The van der Waals surface area contributed by atoms with E-state index in [1.54, 1.807) is 6.92 Å². The molecule has 0 aromatic heterocycles. The number of amides is 1. The van der Waals surface area contributed by atoms with Gasteiger partial charge >= 0.3 is 0 Å². The summed E-state index contributed by atoms with van der Waals surface area (Å²) in [5, 5.41) is 2.99. The molecule has 3 rings (SSSR count). The number of rotatable bonds is 3. The van der Waals surface area contributed by atoms with Crippen LogP contribution in [0.15, 0.2) is 36.4 Å². The molecule has 0 spiro atoms. The van der Waals surface area contributed by atoms with E-state index in [1.807, 2.05) is 23.1 Å². The first-order chi connectivity index (χ1) is 11.5. The number of nitrogens with two attached hydrogens (primary N) is 1. The van der Waals surface area contributed by atoms with E-state index in [9.17, 15) is 9.18 Å². The predicted octanol–water partition coefficient (Wildman–Crippen LogP) is 4.26. The predicted molar refractivity (Wildman–Crippen MR) is 103 cm³/mol. The van der Waals surface area contributed by atoms with Gasteiger partial charge in [-0.2, -0.15) is 0 Å². The standard InChI is InChI=1S/C18H19ClFN3O.ClH/c1-11(18(24)22-16-10-12(19)7-8-14(16)20)23-9-3-4-13-15(21)5-2-6-17(13)23;/h2,5-8,10-11H,3-4,9,21H2,1H3,(H,22,24);1H. The largest absolute Gasteiger partial charge is 0.398 e. The minimum absolute atomic E-state index is 0. The zero-order chi connectivity index (χ0) is 17.3. The Kier molecular flexibility index (Phi) is 6.14. The summed E-state index contributed by atoms with van der Waals surface area (Å²) in [6.45, 7) is 2.55. The maximum atomic E-state index is 13.8. The number of nitrogens with one attached hydrogen (secondary N) is 1. The minimum atomic E-state index is -0.511. The number of halogens is 3. The van der Waals surface area contributed by atoms with Crippen molar-refractivity contribution in [2.45, 2.75) is 25.8 Å². The molecule has 1 aliphatic heterocycles. The summed E-state index contributed by atoms with van der Waals surface area (Å²) in [7, 11) is 0. The van der Waals surface area contributed by atoms with E-state index in [2.05, 4.69) is 5.32 Å². The summed E-state index contributed by atoms with van der Waals surface area (Å²) in [6, 6.07) is 9.35. The molecule has 134 valence electrons. The Morgan fingerprint density at radius 1 is 1.36 bits per heavy atom. The number of nitrogen functional groups attached to an aromatic ring is 1. The number of hydrogen-bond acceptors (Lipinski definition) is 3. The van der Waals surface area contributed by atoms with Gasteiger partial charge in [-0.05, 0) is 55.7 Å². The Morgan fingerprint density at radius 2 is 2.12 bits per heavy atom. The number of hydrogen-bond donors (Lipinski definition) is 2. The third kappa shape index (κ3) is 3.99. The first-order valence-corrected chi connectivity index (χ1v) is 8.25. The topological polar surface area (TPSA) is 58.4 Å². The van der Waals surface area contributed by atoms with Gasteiger partial charge in [-0.25, -0.2) is 4.39 Å². The van der Waals surface area contributed by atoms with Crippen molar-refractivity contribution in [3.05, 3.63) is 52.8 Å². The van der Waals surface area contributed by atoms with Crippen molar-refractivity contribution < 1.29 is 9.18 Å². The number of carbonyl (C=O) groups is 1. The fourth-order valence-electron chi connectivity index (χ4n) is 3.05. The van der Waals surface area contributed by atoms with Crippen LogP contribution in [0.2, 0.25) is 5.02 Å². The highest BCUT2D eigenvalue weighted by atomic mass is 35.5. The van der Waals surface area contributed by atoms with Gasteiger partial charge in [-0.3, -0.25) is 4.79 Å². The molecule has 0 saturated carbocycles. The van der Waals surface area contributed by atoms with Crippen molar-refractivity contribution >= 4 is 47.0 Å². The zero-order valence-corrected chi connectivity index (χ0v) is 15.3. The van der Waals surface area contributed by atoms with Gasteiger partial charge in [0, 0.05) is 22.9 Å². The lowest BCUT2D eigenvalue weighted by Crippen LogP contribution is -2.45. The highest BCUT2D eigenvalue weighted by Gasteiger charge is 2.27. The van der Waals surface area contributed by atoms with Crippen molar-refractivity contribution in [3.8, 4) is 0 Å². The second-order valence-electron chi connectivity index (χ2n) is 5.93. The minimum Gasteiger partial charge on any atom is -0.398 e. The van der Waals surface area contributed by atoms with Crippen LogP contribution in [0.25, 0.3) is 0 Å². The van der Waals surface area contributed by atoms with Crippen molar-refractivity contribution in [2.75, 3.05) is 22.5 Å². The Morgan fingerprint density at radius 3 is 2.88 bits per heavy atom. The smallest absolute Gasteiger partial charge is 0.246 e. The van der Waals surface area contributed by atoms with Gasteiger partial charge in [0.2, 0.25) is 5.91 Å². The second-order valence-corrected chi connectivity index (χ2v) is 6.37. The van der Waals surface area contributed by atoms with Gasteiger partial charge in [0.05, 0.1) is 5.69 Å². The number of carbonyl (C=O) groups excluding carboxylic acids is 1. The van der Waals surface area contributed by atoms with Gasteiger partial charge < -0.3 is 16.0 Å². The number of benzene rings is 2. The Labute approximate surface area is 157 Å². The summed E-state index contributed by atoms with van der Waals surface area (Å²) in [4.78, 5) is 14.6. The molecular formula is C18H20Cl2FN3O. The average molecular weight is 384 g/mol. The SMILES string of the molecule is CC(C(=O)Nc1cc(Cl)ccc1F)N1CCCc2c(N)cccc21.Cl. The molecule has 2 aromatic carbocycles. The molecule has 1 aliphatic rings. The highest BCUT2D eigenvalue weighted by Crippen LogP contribution is 2.32. The van der Waals surface area contributed by atoms with Crippen LogP contribution >= 0.6 is 24.0 Å². The Balaban J connectivity index is 0.00000225. The summed E-state index contributed by atoms with van der Waals surface area (Å²) in [5.74, 6) is -0.797. The average Bonchev–Trinajstić information content (AvgIpc) is 2.57. The fraction of sp³-hybridized carbons (Fsp3) is 0.278. The molecule has 0 radical (unpaired) electrons. The molecule has 1 amide bonds. The monoisotopic (exact) mass is 383 g/mol. The van der Waals surface area contributed by atoms with Crippen LogP contribution in [0.1, 0.15) is 18.9 Å². The lowest BCUT2D eigenvalue weighted by atomic mass is 9.98. The van der Waals surface area contributed by atoms with Crippen molar-refractivity contribution in [1.29, 1.82) is 0 Å². The van der Waals surface area contributed by atoms with E-state index in [0.29, 0.717) is 5.02 Å². The maximum Gasteiger partial charge on any atom is 0.246 e. The van der Waals surface area contributed by atoms with E-state index in [0.717, 1.165) is 36.3 Å². The quantitative estimate of drug-likeness (QED) is 0.778. The second kappa shape index (κ2) is 7.93. The lowest BCUT2D eigenvalue weighted by molar-refractivity contribution is -0.117. The Bertz CT molecular complexity index is 785. The number of anilines is 3. The molecule has 1 heterocycles. The van der Waals surface area contributed by atoms with Gasteiger partial charge in [0.1, 0.15) is 11.9 Å². The van der Waals surface area contributed by atoms with Crippen LogP contribution in [-0.2, 0) is 11.2 Å². The Hall–Kier alpha value is -1.98. The summed E-state index contributed by atoms with van der Waals surface area (Å²) in [6.07, 6.45) is 1.82. The molecule has 3 N–H and O–H groups in total. The molecular weight excluding hydrogens is 364 g/mol. The van der Waals surface area contributed by atoms with Crippen LogP contribution < -0.4 is 16.0 Å². The van der Waals surface area contributed by atoms with Gasteiger partial charge in [0.15, 0.2) is 0 Å². The third-order valence-corrected chi connectivity index (χ3v) is 4.59. The summed E-state index contributed by atoms with van der Waals surface area (Å²) >= 11 is 5.87. The first kappa shape index (κ1) is 19.3. The summed E-state index contributed by atoms with van der Waals surface area (Å²) in [5.41, 5.74) is 8.91. The van der Waals surface area contributed by atoms with E-state index >= 15 is 0 Å². The third-order valence-electron chi connectivity index (χ3n) is 4.36. The molecule has 0 aliphatic carbocycles. The molecule has 7 heteroatoms. The van der Waals surface area contributed by atoms with Crippen LogP contribution in [-0.4, -0.2) is 18.5 Å². The van der Waals surface area contributed by atoms with Crippen LogP contribution in [0, 0.1) is 5.82 Å². The van der Waals surface area contributed by atoms with Gasteiger partial charge in [-0.1, -0.05) is 17.7 Å². The van der Waals surface area contributed by atoms with Gasteiger partial charge in [-0.15, -0.1) is 12.4 Å². The molecule has 4 nitrogen and oxygen atoms in total. The normalized spacial score (nSPS) is 14.3. The number of fused-ring (bicyclic) bond motifs is 1. The lowest BCUT2D eigenvalue weighted by Gasteiger charge is -2.36. The highest BCUT2D eigenvalue weighted by molar-refractivity contribution is 6.30. The van der Waals surface area contributed by atoms with E-state index < -0.39 is 11.9 Å². The van der Waals surface area contributed by atoms with E-state index in [4.69, 9.17) is 17.3 Å². The van der Waals surface area contributed by atoms with E-state index in [1.165, 1.54) is 18.2 Å². The molecule has 2 aromatic rings. The van der Waals surface area contributed by atoms with Crippen molar-refractivity contribution in [2.24, 2.45) is 0 Å². The van der Waals surface area contributed by atoms with Crippen LogP contribution in [0.5, 0.6) is 0 Å². The van der Waals surface area contributed by atoms with Crippen molar-refractivity contribution in [3.63, 3.8) is 0 Å². The van der Waals surface area contributed by atoms with Crippen molar-refractivity contribution in [1.82, 2.24) is 0 Å². The fourth-order valence-corrected chi connectivity index (χ4v) is 3.23. The van der Waals surface area contributed by atoms with Gasteiger partial charge in [0.25, 0.3) is 0 Å². The molecule has 1 atom stereocenters. The summed E-state index contributed by atoms with van der Waals surface area (Å²) < 4.78 is 13.8. The first-order valence-electron chi connectivity index (χ1n) is 7.87. The molecule has 1 unspecified atom stereocenters. The van der Waals surface area contributed by atoms with E-state index in [-0.39, 0.29) is 24.0 Å². The zero-order valence-electron chi connectivity index (χ0n) is 13.8. The molecule has 0 bridgehead atoms. The number of nitrogens with zero attached hydrogens (tertiary/aromatic N) is 1. The maximum absolute atomic E-state index is 13.8.